The van der Waals surface area contributed by atoms with E-state index in [1.807, 2.05) is 0 Å². The third kappa shape index (κ3) is 7.31. The van der Waals surface area contributed by atoms with Crippen LogP contribution in [0.3, 0.4) is 0 Å². The first-order chi connectivity index (χ1) is 13.2. The van der Waals surface area contributed by atoms with Crippen LogP contribution in [0.15, 0.2) is 17.1 Å². The molecule has 2 unspecified atom stereocenters. The molecule has 1 aromatic heterocycles. The number of nitrogens with zero attached hydrogens (tertiary/aromatic N) is 2. The highest BCUT2D eigenvalue weighted by Crippen LogP contribution is 2.66. The first kappa shape index (κ1) is 24.2. The monoisotopic (exact) mass is 482 g/mol. The van der Waals surface area contributed by atoms with Crippen molar-refractivity contribution < 1.29 is 56.0 Å². The van der Waals surface area contributed by atoms with E-state index in [-0.39, 0.29) is 12.2 Å². The van der Waals surface area contributed by atoms with E-state index in [1.165, 1.54) is 12.3 Å². The number of hydrogen-bond acceptors (Lipinski definition) is 12. The van der Waals surface area contributed by atoms with Crippen molar-refractivity contribution in [1.29, 1.82) is 0 Å². The van der Waals surface area contributed by atoms with Crippen LogP contribution in [0.5, 0.6) is 0 Å². The topological polar surface area (TPSA) is 265 Å². The van der Waals surface area contributed by atoms with Crippen molar-refractivity contribution in [2.75, 3.05) is 12.3 Å². The summed E-state index contributed by atoms with van der Waals surface area (Å²) in [7, 11) is -16.5. The minimum absolute atomic E-state index is 0.00751. The summed E-state index contributed by atoms with van der Waals surface area (Å²) in [5, 5.41) is 0. The lowest BCUT2D eigenvalue weighted by Gasteiger charge is -2.20. The van der Waals surface area contributed by atoms with Gasteiger partial charge in [-0.3, -0.25) is 13.9 Å². The van der Waals surface area contributed by atoms with Gasteiger partial charge in [0.25, 0.3) is 0 Å². The lowest BCUT2D eigenvalue weighted by Crippen LogP contribution is -2.31. The maximum Gasteiger partial charge on any atom is 0.490 e. The molecule has 0 bridgehead atoms. The van der Waals surface area contributed by atoms with Gasteiger partial charge >= 0.3 is 29.2 Å². The summed E-state index contributed by atoms with van der Waals surface area (Å²) in [4.78, 5) is 55.5. The molecule has 1 saturated heterocycles. The molecular formula is C9H17N4O13P3. The average Bonchev–Trinajstić information content (AvgIpc) is 2.92. The van der Waals surface area contributed by atoms with Gasteiger partial charge in [-0.1, -0.05) is 0 Å². The lowest BCUT2D eigenvalue weighted by atomic mass is 10.2. The fourth-order valence-electron chi connectivity index (χ4n) is 2.28. The zero-order valence-corrected chi connectivity index (χ0v) is 16.8. The van der Waals surface area contributed by atoms with Crippen molar-refractivity contribution in [3.63, 3.8) is 0 Å². The highest BCUT2D eigenvalue weighted by molar-refractivity contribution is 7.66. The second-order valence-electron chi connectivity index (χ2n) is 5.47. The van der Waals surface area contributed by atoms with Gasteiger partial charge in [0.2, 0.25) is 0 Å². The Morgan fingerprint density at radius 1 is 1.21 bits per heavy atom. The van der Waals surface area contributed by atoms with Crippen molar-refractivity contribution in [2.24, 2.45) is 5.90 Å². The number of nitrogen functional groups attached to an aromatic ring is 1. The predicted octanol–water partition coefficient (Wildman–Crippen LogP) is -1.28. The molecule has 2 heterocycles. The largest absolute Gasteiger partial charge is 0.490 e. The van der Waals surface area contributed by atoms with Crippen LogP contribution in [-0.2, 0) is 36.4 Å². The van der Waals surface area contributed by atoms with Crippen LogP contribution >= 0.6 is 23.5 Å². The number of phosphoric acid groups is 3. The first-order valence-electron chi connectivity index (χ1n) is 7.35. The van der Waals surface area contributed by atoms with Crippen LogP contribution in [-0.4, -0.2) is 47.9 Å². The maximum absolute atomic E-state index is 11.9. The Bertz CT molecular complexity index is 932. The summed E-state index contributed by atoms with van der Waals surface area (Å²) in [5.41, 5.74) is 4.64. The molecule has 0 amide bonds. The second kappa shape index (κ2) is 8.99. The average molecular weight is 482 g/mol. The number of aromatic nitrogens is 2. The molecule has 0 aromatic carbocycles. The number of phosphoric ester groups is 1. The number of nitrogens with two attached hydrogens (primary N) is 2. The molecule has 1 aliphatic rings. The molecule has 1 aromatic rings. The number of hydrogen-bond donors (Lipinski definition) is 6. The zero-order chi connectivity index (χ0) is 22.0. The number of rotatable bonds is 9. The van der Waals surface area contributed by atoms with Crippen molar-refractivity contribution in [2.45, 2.75) is 24.9 Å². The third-order valence-corrected chi connectivity index (χ3v) is 7.14. The van der Waals surface area contributed by atoms with Crippen molar-refractivity contribution >= 4 is 29.3 Å². The normalized spacial score (nSPS) is 26.7. The Kier molecular flexibility index (Phi) is 7.52. The molecule has 1 fully saturated rings. The van der Waals surface area contributed by atoms with Crippen molar-refractivity contribution in [1.82, 2.24) is 9.55 Å². The van der Waals surface area contributed by atoms with Crippen LogP contribution in [0, 0.1) is 0 Å². The van der Waals surface area contributed by atoms with E-state index in [2.05, 4.69) is 23.0 Å². The molecule has 1 aliphatic heterocycles. The summed E-state index contributed by atoms with van der Waals surface area (Å²) < 4.78 is 51.8. The Morgan fingerprint density at radius 3 is 2.41 bits per heavy atom. The Hall–Kier alpha value is -1.03. The molecule has 2 rings (SSSR count). The molecule has 20 heteroatoms. The van der Waals surface area contributed by atoms with Crippen molar-refractivity contribution in [3.05, 3.63) is 22.7 Å². The summed E-state index contributed by atoms with van der Waals surface area (Å²) >= 11 is 0. The van der Waals surface area contributed by atoms with Crippen LogP contribution in [0.2, 0.25) is 0 Å². The molecule has 8 N–H and O–H groups in total. The van der Waals surface area contributed by atoms with Crippen molar-refractivity contribution in [3.8, 4) is 0 Å². The molecular weight excluding hydrogens is 465 g/mol. The molecule has 17 nitrogen and oxygen atoms in total. The van der Waals surface area contributed by atoms with E-state index in [9.17, 15) is 23.4 Å². The Labute approximate surface area is 161 Å². The summed E-state index contributed by atoms with van der Waals surface area (Å²) in [6.45, 7) is -0.792. The Morgan fingerprint density at radius 2 is 1.86 bits per heavy atom. The molecule has 5 atom stereocenters. The van der Waals surface area contributed by atoms with Crippen LogP contribution in [0.4, 0.5) is 5.82 Å². The SMILES string of the molecule is NO[C@H]1C[C@H](n2ccc(N)nc2=O)O[C@@H]1COP(=O)(O)OP(=O)(O)OP(=O)(O)O. The molecule has 29 heavy (non-hydrogen) atoms. The van der Waals surface area contributed by atoms with Crippen LogP contribution in [0.1, 0.15) is 12.6 Å². The fraction of sp³-hybridized carbons (Fsp3) is 0.556. The van der Waals surface area contributed by atoms with Gasteiger partial charge in [-0.25, -0.2) is 24.4 Å². The molecule has 0 radical (unpaired) electrons. The van der Waals surface area contributed by atoms with Gasteiger partial charge in [-0.15, -0.1) is 0 Å². The number of ether oxygens (including phenoxy) is 1. The molecule has 0 saturated carbocycles. The van der Waals surface area contributed by atoms with Gasteiger partial charge in [0.1, 0.15) is 24.3 Å². The highest BCUT2D eigenvalue weighted by atomic mass is 31.3. The van der Waals surface area contributed by atoms with Crippen LogP contribution in [0.25, 0.3) is 0 Å². The number of anilines is 1. The lowest BCUT2D eigenvalue weighted by molar-refractivity contribution is -0.0618. The van der Waals surface area contributed by atoms with Gasteiger partial charge in [0.15, 0.2) is 0 Å². The first-order valence-corrected chi connectivity index (χ1v) is 11.9. The minimum atomic E-state index is -5.65. The van der Waals surface area contributed by atoms with E-state index in [0.717, 1.165) is 4.57 Å². The van der Waals surface area contributed by atoms with Gasteiger partial charge in [0, 0.05) is 12.6 Å². The summed E-state index contributed by atoms with van der Waals surface area (Å²) in [5.74, 6) is 5.10. The zero-order valence-electron chi connectivity index (χ0n) is 14.2. The fourth-order valence-corrected chi connectivity index (χ4v) is 5.31. The summed E-state index contributed by atoms with van der Waals surface area (Å²) in [6.07, 6.45) is -1.78. The van der Waals surface area contributed by atoms with Gasteiger partial charge in [-0.2, -0.15) is 13.6 Å². The van der Waals surface area contributed by atoms with E-state index in [0.29, 0.717) is 0 Å². The molecule has 166 valence electrons. The quantitative estimate of drug-likeness (QED) is 0.177. The molecule has 0 spiro atoms. The summed E-state index contributed by atoms with van der Waals surface area (Å²) in [6, 6.07) is 1.32. The smallest absolute Gasteiger partial charge is 0.383 e. The van der Waals surface area contributed by atoms with E-state index < -0.39 is 54.2 Å². The van der Waals surface area contributed by atoms with Crippen LogP contribution < -0.4 is 17.3 Å². The van der Waals surface area contributed by atoms with Gasteiger partial charge in [0.05, 0.1) is 6.61 Å². The third-order valence-electron chi connectivity index (χ3n) is 3.33. The van der Waals surface area contributed by atoms with Gasteiger partial charge < -0.3 is 30.0 Å². The standard InChI is InChI=1S/C9H17N4O13P3/c10-7-1-2-13(9(14)12-7)8-3-5(24-11)6(23-8)4-22-28(18,19)26-29(20,21)25-27(15,16)17/h1-2,5-6,8H,3-4,11H2,(H,18,19)(H,20,21)(H2,10,12,14)(H2,15,16,17)/t5-,6+,8+/m0/s1. The molecule has 0 aliphatic carbocycles. The van der Waals surface area contributed by atoms with Gasteiger partial charge in [-0.05, 0) is 6.07 Å². The van der Waals surface area contributed by atoms with E-state index >= 15 is 0 Å². The highest BCUT2D eigenvalue weighted by Gasteiger charge is 2.43. The maximum atomic E-state index is 11.9. The Balaban J connectivity index is 2.03. The van der Waals surface area contributed by atoms with E-state index in [4.69, 9.17) is 31.0 Å². The second-order valence-corrected chi connectivity index (χ2v) is 9.89. The minimum Gasteiger partial charge on any atom is -0.383 e. The van der Waals surface area contributed by atoms with E-state index in [1.54, 1.807) is 0 Å². The predicted molar refractivity (Wildman–Crippen MR) is 90.3 cm³/mol.